The Morgan fingerprint density at radius 2 is 1.93 bits per heavy atom. The number of benzene rings is 2. The maximum Gasteiger partial charge on any atom is 0.220 e. The smallest absolute Gasteiger partial charge is 0.220 e. The number of carbonyl (C=O) groups is 1. The zero-order chi connectivity index (χ0) is 20.6. The van der Waals surface area contributed by atoms with E-state index < -0.39 is 23.0 Å². The van der Waals surface area contributed by atoms with Crippen molar-refractivity contribution in [3.63, 3.8) is 0 Å². The van der Waals surface area contributed by atoms with Crippen LogP contribution in [0.1, 0.15) is 25.3 Å². The van der Waals surface area contributed by atoms with Crippen LogP contribution in [0.2, 0.25) is 0 Å². The first kappa shape index (κ1) is 19.5. The second-order valence-corrected chi connectivity index (χ2v) is 7.71. The van der Waals surface area contributed by atoms with Gasteiger partial charge in [0, 0.05) is 30.2 Å². The minimum absolute atomic E-state index is 0.148. The zero-order valence-electron chi connectivity index (χ0n) is 16.0. The van der Waals surface area contributed by atoms with Crippen molar-refractivity contribution in [1.82, 2.24) is 10.3 Å². The standard InChI is InChI=1S/C22H21F3N2O2/c1-22(8-9-29-12-22)27-19(28)7-6-16-17-10-15(24)11-18(25)21(17)26-20(16)13-2-4-14(23)5-3-13/h2-5,10-11,26H,6-9,12H2,1H3,(H,27,28). The summed E-state index contributed by atoms with van der Waals surface area (Å²) in [6.45, 7) is 2.99. The number of ether oxygens (including phenoxy) is 1. The molecule has 2 N–H and O–H groups in total. The van der Waals surface area contributed by atoms with Crippen LogP contribution in [-0.4, -0.2) is 29.6 Å². The molecular formula is C22H21F3N2O2. The summed E-state index contributed by atoms with van der Waals surface area (Å²) in [6.07, 6.45) is 1.16. The van der Waals surface area contributed by atoms with Gasteiger partial charge in [-0.1, -0.05) is 0 Å². The van der Waals surface area contributed by atoms with Crippen LogP contribution in [0, 0.1) is 17.5 Å². The second-order valence-electron chi connectivity index (χ2n) is 7.71. The van der Waals surface area contributed by atoms with E-state index in [4.69, 9.17) is 4.74 Å². The first-order chi connectivity index (χ1) is 13.8. The number of carbonyl (C=O) groups excluding carboxylic acids is 1. The van der Waals surface area contributed by atoms with Crippen molar-refractivity contribution in [2.24, 2.45) is 0 Å². The molecule has 1 aliphatic heterocycles. The molecule has 7 heteroatoms. The van der Waals surface area contributed by atoms with Gasteiger partial charge < -0.3 is 15.0 Å². The van der Waals surface area contributed by atoms with Gasteiger partial charge in [0.2, 0.25) is 5.91 Å². The summed E-state index contributed by atoms with van der Waals surface area (Å²) in [5.41, 5.74) is 1.57. The maximum absolute atomic E-state index is 14.3. The van der Waals surface area contributed by atoms with Crippen LogP contribution in [-0.2, 0) is 16.0 Å². The number of aromatic amines is 1. The molecule has 4 rings (SSSR count). The number of amides is 1. The van der Waals surface area contributed by atoms with Crippen LogP contribution in [0.15, 0.2) is 36.4 Å². The summed E-state index contributed by atoms with van der Waals surface area (Å²) in [7, 11) is 0. The third-order valence-corrected chi connectivity index (χ3v) is 5.33. The van der Waals surface area contributed by atoms with Crippen LogP contribution < -0.4 is 5.32 Å². The fourth-order valence-electron chi connectivity index (χ4n) is 3.80. The van der Waals surface area contributed by atoms with Gasteiger partial charge in [0.1, 0.15) is 17.5 Å². The lowest BCUT2D eigenvalue weighted by Gasteiger charge is -2.23. The quantitative estimate of drug-likeness (QED) is 0.661. The first-order valence-corrected chi connectivity index (χ1v) is 9.49. The molecule has 0 aliphatic carbocycles. The van der Waals surface area contributed by atoms with Gasteiger partial charge in [0.05, 0.1) is 17.7 Å². The lowest BCUT2D eigenvalue weighted by molar-refractivity contribution is -0.122. The van der Waals surface area contributed by atoms with Crippen LogP contribution in [0.5, 0.6) is 0 Å². The van der Waals surface area contributed by atoms with Crippen LogP contribution >= 0.6 is 0 Å². The summed E-state index contributed by atoms with van der Waals surface area (Å²) < 4.78 is 46.9. The van der Waals surface area contributed by atoms with Crippen molar-refractivity contribution < 1.29 is 22.7 Å². The summed E-state index contributed by atoms with van der Waals surface area (Å²) in [5, 5.41) is 3.36. The molecule has 1 amide bonds. The fraction of sp³-hybridized carbons (Fsp3) is 0.318. The Labute approximate surface area is 166 Å². The van der Waals surface area contributed by atoms with E-state index in [0.717, 1.165) is 12.5 Å². The Morgan fingerprint density at radius 1 is 1.17 bits per heavy atom. The van der Waals surface area contributed by atoms with E-state index in [1.807, 2.05) is 6.92 Å². The summed E-state index contributed by atoms with van der Waals surface area (Å²) in [6, 6.07) is 7.79. The van der Waals surface area contributed by atoms with Gasteiger partial charge in [-0.15, -0.1) is 0 Å². The lowest BCUT2D eigenvalue weighted by Crippen LogP contribution is -2.46. The van der Waals surface area contributed by atoms with Crippen molar-refractivity contribution in [3.8, 4) is 11.3 Å². The van der Waals surface area contributed by atoms with Crippen molar-refractivity contribution >= 4 is 16.8 Å². The molecule has 1 aliphatic rings. The molecule has 1 fully saturated rings. The third kappa shape index (κ3) is 4.00. The number of hydrogen-bond donors (Lipinski definition) is 2. The van der Waals surface area contributed by atoms with Crippen LogP contribution in [0.4, 0.5) is 13.2 Å². The van der Waals surface area contributed by atoms with Gasteiger partial charge in [0.25, 0.3) is 0 Å². The Kier molecular flexibility index (Phi) is 5.08. The van der Waals surface area contributed by atoms with Gasteiger partial charge >= 0.3 is 0 Å². The Morgan fingerprint density at radius 3 is 2.62 bits per heavy atom. The number of nitrogens with one attached hydrogen (secondary N) is 2. The molecule has 3 aromatic rings. The second kappa shape index (κ2) is 7.55. The molecule has 152 valence electrons. The SMILES string of the molecule is CC1(NC(=O)CCc2c(-c3ccc(F)cc3)[nH]c3c(F)cc(F)cc23)CCOC1. The normalized spacial score (nSPS) is 19.0. The van der Waals surface area contributed by atoms with E-state index >= 15 is 0 Å². The molecule has 0 saturated carbocycles. The molecule has 2 aromatic carbocycles. The largest absolute Gasteiger partial charge is 0.379 e. The molecule has 0 spiro atoms. The van der Waals surface area contributed by atoms with Gasteiger partial charge in [-0.2, -0.15) is 0 Å². The number of aromatic nitrogens is 1. The highest BCUT2D eigenvalue weighted by Gasteiger charge is 2.31. The zero-order valence-corrected chi connectivity index (χ0v) is 16.0. The predicted octanol–water partition coefficient (Wildman–Crippen LogP) is 4.48. The molecule has 1 aromatic heterocycles. The fourth-order valence-corrected chi connectivity index (χ4v) is 3.80. The van der Waals surface area contributed by atoms with Crippen molar-refractivity contribution in [2.75, 3.05) is 13.2 Å². The van der Waals surface area contributed by atoms with E-state index in [2.05, 4.69) is 10.3 Å². The minimum Gasteiger partial charge on any atom is -0.379 e. The molecule has 0 bridgehead atoms. The predicted molar refractivity (Wildman–Crippen MR) is 104 cm³/mol. The number of H-pyrrole nitrogens is 1. The van der Waals surface area contributed by atoms with E-state index in [1.54, 1.807) is 12.1 Å². The molecule has 0 radical (unpaired) electrons. The van der Waals surface area contributed by atoms with Crippen molar-refractivity contribution in [2.45, 2.75) is 31.7 Å². The van der Waals surface area contributed by atoms with Crippen molar-refractivity contribution in [1.29, 1.82) is 0 Å². The maximum atomic E-state index is 14.3. The van der Waals surface area contributed by atoms with Gasteiger partial charge in [-0.3, -0.25) is 4.79 Å². The van der Waals surface area contributed by atoms with E-state index in [1.165, 1.54) is 18.2 Å². The highest BCUT2D eigenvalue weighted by Crippen LogP contribution is 2.33. The number of hydrogen-bond acceptors (Lipinski definition) is 2. The topological polar surface area (TPSA) is 54.1 Å². The van der Waals surface area contributed by atoms with E-state index in [9.17, 15) is 18.0 Å². The number of fused-ring (bicyclic) bond motifs is 1. The summed E-state index contributed by atoms with van der Waals surface area (Å²) >= 11 is 0. The number of rotatable bonds is 5. The van der Waals surface area contributed by atoms with E-state index in [0.29, 0.717) is 35.4 Å². The minimum atomic E-state index is -0.713. The Bertz CT molecular complexity index is 1050. The first-order valence-electron chi connectivity index (χ1n) is 9.49. The monoisotopic (exact) mass is 402 g/mol. The summed E-state index contributed by atoms with van der Waals surface area (Å²) in [4.78, 5) is 15.5. The highest BCUT2D eigenvalue weighted by molar-refractivity contribution is 5.92. The molecule has 1 atom stereocenters. The molecule has 4 nitrogen and oxygen atoms in total. The van der Waals surface area contributed by atoms with Gasteiger partial charge in [-0.05, 0) is 61.2 Å². The van der Waals surface area contributed by atoms with Crippen molar-refractivity contribution in [3.05, 3.63) is 59.4 Å². The Balaban J connectivity index is 1.66. The molecular weight excluding hydrogens is 381 g/mol. The number of halogens is 3. The average molecular weight is 402 g/mol. The van der Waals surface area contributed by atoms with Gasteiger partial charge in [0.15, 0.2) is 0 Å². The number of aryl methyl sites for hydroxylation is 1. The molecule has 2 heterocycles. The molecule has 1 unspecified atom stereocenters. The molecule has 29 heavy (non-hydrogen) atoms. The lowest BCUT2D eigenvalue weighted by atomic mass is 9.99. The highest BCUT2D eigenvalue weighted by atomic mass is 19.1. The molecule has 1 saturated heterocycles. The van der Waals surface area contributed by atoms with Gasteiger partial charge in [-0.25, -0.2) is 13.2 Å². The third-order valence-electron chi connectivity index (χ3n) is 5.33. The van der Waals surface area contributed by atoms with Crippen LogP contribution in [0.3, 0.4) is 0 Å². The Hall–Kier alpha value is -2.80. The van der Waals surface area contributed by atoms with Crippen LogP contribution in [0.25, 0.3) is 22.2 Å². The summed E-state index contributed by atoms with van der Waals surface area (Å²) in [5.74, 6) is -1.96. The van der Waals surface area contributed by atoms with E-state index in [-0.39, 0.29) is 24.3 Å². The average Bonchev–Trinajstić information content (AvgIpc) is 3.24.